The molecule has 18 heavy (non-hydrogen) atoms. The summed E-state index contributed by atoms with van der Waals surface area (Å²) in [5, 5.41) is 0.572. The van der Waals surface area contributed by atoms with Crippen LogP contribution in [0.5, 0.6) is 0 Å². The van der Waals surface area contributed by atoms with Gasteiger partial charge in [0.2, 0.25) is 0 Å². The molecule has 1 rings (SSSR count). The van der Waals surface area contributed by atoms with Crippen LogP contribution in [-0.4, -0.2) is 28.4 Å². The molecule has 0 spiro atoms. The minimum Gasteiger partial charge on any atom is -0.465 e. The smallest absolute Gasteiger partial charge is 0.345 e. The fourth-order valence-electron chi connectivity index (χ4n) is 1.40. The second-order valence-corrected chi connectivity index (χ2v) is 4.80. The van der Waals surface area contributed by atoms with E-state index in [4.69, 9.17) is 0 Å². The number of thioether (sulfide) groups is 1. The molecule has 5 nitrogen and oxygen atoms in total. The second-order valence-electron chi connectivity index (χ2n) is 3.81. The van der Waals surface area contributed by atoms with Crippen molar-refractivity contribution in [2.24, 2.45) is 0 Å². The highest BCUT2D eigenvalue weighted by Gasteiger charge is 2.18. The average Bonchev–Trinajstić information content (AvgIpc) is 2.34. The molecule has 0 aliphatic rings. The average molecular weight is 268 g/mol. The van der Waals surface area contributed by atoms with Gasteiger partial charge >= 0.3 is 5.97 Å². The zero-order chi connectivity index (χ0) is 13.7. The van der Waals surface area contributed by atoms with E-state index < -0.39 is 5.97 Å². The Labute approximate surface area is 110 Å². The van der Waals surface area contributed by atoms with Gasteiger partial charge in [0.1, 0.15) is 5.56 Å². The van der Waals surface area contributed by atoms with Gasteiger partial charge < -0.3 is 4.74 Å². The lowest BCUT2D eigenvalue weighted by molar-refractivity contribution is 0.0596. The maximum absolute atomic E-state index is 12.2. The van der Waals surface area contributed by atoms with Crippen molar-refractivity contribution in [1.29, 1.82) is 0 Å². The van der Waals surface area contributed by atoms with E-state index in [2.05, 4.69) is 16.3 Å². The number of hydrogen-bond acceptors (Lipinski definition) is 5. The third-order valence-corrected chi connectivity index (χ3v) is 3.17. The quantitative estimate of drug-likeness (QED) is 0.353. The molecule has 0 radical (unpaired) electrons. The van der Waals surface area contributed by atoms with E-state index in [-0.39, 0.29) is 17.2 Å². The largest absolute Gasteiger partial charge is 0.465 e. The van der Waals surface area contributed by atoms with Crippen LogP contribution in [0.25, 0.3) is 0 Å². The molecule has 1 heterocycles. The number of ether oxygens (including phenoxy) is 1. The van der Waals surface area contributed by atoms with Gasteiger partial charge in [0.15, 0.2) is 5.16 Å². The lowest BCUT2D eigenvalue weighted by Crippen LogP contribution is -2.30. The maximum atomic E-state index is 12.2. The topological polar surface area (TPSA) is 61.2 Å². The third kappa shape index (κ3) is 3.01. The molecule has 0 amide bonds. The van der Waals surface area contributed by atoms with Crippen molar-refractivity contribution in [2.45, 2.75) is 25.0 Å². The lowest BCUT2D eigenvalue weighted by atomic mass is 10.3. The molecule has 0 aliphatic carbocycles. The summed E-state index contributed by atoms with van der Waals surface area (Å²) >= 11 is 1.40. The Bertz CT molecular complexity index is 509. The first kappa shape index (κ1) is 14.5. The Balaban J connectivity index is 3.33. The Morgan fingerprint density at radius 1 is 1.67 bits per heavy atom. The molecular weight excluding hydrogens is 252 g/mol. The van der Waals surface area contributed by atoms with Gasteiger partial charge in [-0.25, -0.2) is 9.78 Å². The van der Waals surface area contributed by atoms with Crippen molar-refractivity contribution < 1.29 is 9.53 Å². The molecular formula is C12H16N2O3S. The van der Waals surface area contributed by atoms with Gasteiger partial charge in [0, 0.05) is 11.8 Å². The van der Waals surface area contributed by atoms with Crippen LogP contribution in [-0.2, 0) is 4.74 Å². The van der Waals surface area contributed by atoms with E-state index in [1.54, 1.807) is 6.08 Å². The first-order chi connectivity index (χ1) is 8.52. The van der Waals surface area contributed by atoms with Crippen LogP contribution in [0.2, 0.25) is 0 Å². The molecule has 0 N–H and O–H groups in total. The molecule has 1 aromatic rings. The second kappa shape index (κ2) is 6.39. The number of aromatic nitrogens is 2. The van der Waals surface area contributed by atoms with Crippen LogP contribution in [0.1, 0.15) is 30.2 Å². The number of esters is 1. The Morgan fingerprint density at radius 2 is 2.33 bits per heavy atom. The molecule has 0 aromatic carbocycles. The van der Waals surface area contributed by atoms with Crippen LogP contribution < -0.4 is 5.56 Å². The van der Waals surface area contributed by atoms with Gasteiger partial charge in [-0.15, -0.1) is 6.58 Å². The standard InChI is InChI=1S/C12H16N2O3S/c1-5-6-18-12-13-7-9(11(16)17-4)10(15)14(12)8(2)3/h5,7-8H,1,6H2,2-4H3. The molecule has 98 valence electrons. The van der Waals surface area contributed by atoms with E-state index in [0.717, 1.165) is 0 Å². The fraction of sp³-hybridized carbons (Fsp3) is 0.417. The summed E-state index contributed by atoms with van der Waals surface area (Å²) in [7, 11) is 1.24. The van der Waals surface area contributed by atoms with Crippen LogP contribution >= 0.6 is 11.8 Å². The molecule has 6 heteroatoms. The van der Waals surface area contributed by atoms with Crippen molar-refractivity contribution in [3.63, 3.8) is 0 Å². The van der Waals surface area contributed by atoms with Gasteiger partial charge in [-0.1, -0.05) is 17.8 Å². The number of carbonyl (C=O) groups is 1. The Morgan fingerprint density at radius 3 is 2.83 bits per heavy atom. The Hall–Kier alpha value is -1.56. The highest BCUT2D eigenvalue weighted by atomic mass is 32.2. The number of nitrogens with zero attached hydrogens (tertiary/aromatic N) is 2. The van der Waals surface area contributed by atoms with Gasteiger partial charge in [0.05, 0.1) is 13.3 Å². The summed E-state index contributed by atoms with van der Waals surface area (Å²) in [6.07, 6.45) is 2.99. The minimum atomic E-state index is -0.665. The fourth-order valence-corrected chi connectivity index (χ4v) is 2.23. The SMILES string of the molecule is C=CCSc1ncc(C(=O)OC)c(=O)n1C(C)C. The highest BCUT2D eigenvalue weighted by molar-refractivity contribution is 7.99. The molecule has 0 atom stereocenters. The van der Waals surface area contributed by atoms with Gasteiger partial charge in [-0.3, -0.25) is 9.36 Å². The summed E-state index contributed by atoms with van der Waals surface area (Å²) in [5.74, 6) is -0.0151. The highest BCUT2D eigenvalue weighted by Crippen LogP contribution is 2.17. The van der Waals surface area contributed by atoms with Crippen molar-refractivity contribution >= 4 is 17.7 Å². The van der Waals surface area contributed by atoms with Crippen LogP contribution in [0.3, 0.4) is 0 Å². The summed E-state index contributed by atoms with van der Waals surface area (Å²) in [6, 6.07) is -0.0816. The molecule has 0 bridgehead atoms. The first-order valence-electron chi connectivity index (χ1n) is 5.46. The number of carbonyl (C=O) groups excluding carboxylic acids is 1. The third-order valence-electron chi connectivity index (χ3n) is 2.21. The predicted octanol–water partition coefficient (Wildman–Crippen LogP) is 1.89. The molecule has 0 fully saturated rings. The monoisotopic (exact) mass is 268 g/mol. The van der Waals surface area contributed by atoms with E-state index in [0.29, 0.717) is 10.9 Å². The van der Waals surface area contributed by atoms with E-state index in [9.17, 15) is 9.59 Å². The van der Waals surface area contributed by atoms with Gasteiger partial charge in [-0.2, -0.15) is 0 Å². The van der Waals surface area contributed by atoms with Crippen molar-refractivity contribution in [3.8, 4) is 0 Å². The lowest BCUT2D eigenvalue weighted by Gasteiger charge is -2.15. The predicted molar refractivity (Wildman–Crippen MR) is 71.1 cm³/mol. The number of hydrogen-bond donors (Lipinski definition) is 0. The number of rotatable bonds is 5. The molecule has 0 unspecified atom stereocenters. The molecule has 0 saturated carbocycles. The summed E-state index contributed by atoms with van der Waals surface area (Å²) in [4.78, 5) is 27.8. The Kier molecular flexibility index (Phi) is 5.15. The molecule has 0 aliphatic heterocycles. The van der Waals surface area contributed by atoms with Crippen LogP contribution in [0.4, 0.5) is 0 Å². The zero-order valence-electron chi connectivity index (χ0n) is 10.7. The normalized spacial score (nSPS) is 10.4. The van der Waals surface area contributed by atoms with E-state index in [1.807, 2.05) is 13.8 Å². The first-order valence-corrected chi connectivity index (χ1v) is 6.45. The van der Waals surface area contributed by atoms with Gasteiger partial charge in [-0.05, 0) is 13.8 Å². The molecule has 1 aromatic heterocycles. The minimum absolute atomic E-state index is 0.0471. The van der Waals surface area contributed by atoms with Crippen molar-refractivity contribution in [1.82, 2.24) is 9.55 Å². The van der Waals surface area contributed by atoms with Crippen molar-refractivity contribution in [2.75, 3.05) is 12.9 Å². The van der Waals surface area contributed by atoms with Crippen LogP contribution in [0.15, 0.2) is 28.8 Å². The maximum Gasteiger partial charge on any atom is 0.345 e. The van der Waals surface area contributed by atoms with Crippen LogP contribution in [0, 0.1) is 0 Å². The zero-order valence-corrected chi connectivity index (χ0v) is 11.5. The number of methoxy groups -OCH3 is 1. The van der Waals surface area contributed by atoms with Crippen molar-refractivity contribution in [3.05, 3.63) is 34.8 Å². The summed E-state index contributed by atoms with van der Waals surface area (Å²) in [6.45, 7) is 7.35. The summed E-state index contributed by atoms with van der Waals surface area (Å²) < 4.78 is 6.04. The van der Waals surface area contributed by atoms with E-state index in [1.165, 1.54) is 29.6 Å². The molecule has 0 saturated heterocycles. The van der Waals surface area contributed by atoms with E-state index >= 15 is 0 Å². The van der Waals surface area contributed by atoms with Gasteiger partial charge in [0.25, 0.3) is 5.56 Å². The summed E-state index contributed by atoms with van der Waals surface area (Å²) in [5.41, 5.74) is -0.424.